The first-order chi connectivity index (χ1) is 10.4. The number of hydrogen-bond acceptors (Lipinski definition) is 4. The van der Waals surface area contributed by atoms with Crippen LogP contribution in [0, 0.1) is 0 Å². The van der Waals surface area contributed by atoms with Crippen LogP contribution < -0.4 is 10.5 Å². The molecule has 22 heavy (non-hydrogen) atoms. The Kier molecular flexibility index (Phi) is 3.45. The molecule has 3 rings (SSSR count). The van der Waals surface area contributed by atoms with Crippen LogP contribution in [0.1, 0.15) is 26.3 Å². The summed E-state index contributed by atoms with van der Waals surface area (Å²) in [7, 11) is 0. The monoisotopic (exact) mass is 293 g/mol. The van der Waals surface area contributed by atoms with E-state index in [4.69, 9.17) is 10.5 Å². The van der Waals surface area contributed by atoms with Gasteiger partial charge in [-0.25, -0.2) is 9.97 Å². The fourth-order valence-corrected chi connectivity index (χ4v) is 2.35. The van der Waals surface area contributed by atoms with Gasteiger partial charge < -0.3 is 10.5 Å². The minimum Gasteiger partial charge on any atom is -0.436 e. The van der Waals surface area contributed by atoms with Crippen molar-refractivity contribution in [3.63, 3.8) is 0 Å². The summed E-state index contributed by atoms with van der Waals surface area (Å²) in [6, 6.07) is 15.5. The van der Waals surface area contributed by atoms with Gasteiger partial charge in [-0.05, 0) is 23.6 Å². The van der Waals surface area contributed by atoms with Crippen molar-refractivity contribution < 1.29 is 4.74 Å². The molecule has 0 amide bonds. The number of aromatic nitrogens is 2. The predicted molar refractivity (Wildman–Crippen MR) is 89.2 cm³/mol. The van der Waals surface area contributed by atoms with E-state index >= 15 is 0 Å². The molecule has 2 N–H and O–H groups in total. The molecule has 4 nitrogen and oxygen atoms in total. The summed E-state index contributed by atoms with van der Waals surface area (Å²) < 4.78 is 5.98. The lowest BCUT2D eigenvalue weighted by atomic mass is 9.86. The fourth-order valence-electron chi connectivity index (χ4n) is 2.35. The Morgan fingerprint density at radius 1 is 0.864 bits per heavy atom. The summed E-state index contributed by atoms with van der Waals surface area (Å²) >= 11 is 0. The molecule has 0 radical (unpaired) electrons. The number of benzene rings is 2. The van der Waals surface area contributed by atoms with Crippen molar-refractivity contribution in [2.75, 3.05) is 5.73 Å². The van der Waals surface area contributed by atoms with E-state index in [1.165, 1.54) is 0 Å². The molecule has 1 aromatic heterocycles. The summed E-state index contributed by atoms with van der Waals surface area (Å²) in [6.07, 6.45) is 0. The topological polar surface area (TPSA) is 61.0 Å². The number of ether oxygens (including phenoxy) is 1. The highest BCUT2D eigenvalue weighted by atomic mass is 16.5. The Hall–Kier alpha value is -2.62. The first-order valence-electron chi connectivity index (χ1n) is 7.25. The molecular weight excluding hydrogens is 274 g/mol. The molecule has 2 aromatic carbocycles. The van der Waals surface area contributed by atoms with Gasteiger partial charge in [-0.1, -0.05) is 51.1 Å². The van der Waals surface area contributed by atoms with Gasteiger partial charge in [-0.15, -0.1) is 0 Å². The summed E-state index contributed by atoms with van der Waals surface area (Å²) in [5.41, 5.74) is 8.59. The average molecular weight is 293 g/mol. The van der Waals surface area contributed by atoms with Crippen LogP contribution in [0.4, 0.5) is 5.82 Å². The Labute approximate surface area is 130 Å². The SMILES string of the molecule is CC(C)(C)c1ccccc1Oc1nc2ccccc2nc1N. The second-order valence-corrected chi connectivity index (χ2v) is 6.25. The molecule has 0 spiro atoms. The number of hydrogen-bond donors (Lipinski definition) is 1. The predicted octanol–water partition coefficient (Wildman–Crippen LogP) is 4.30. The number of nitrogen functional groups attached to an aromatic ring is 1. The third kappa shape index (κ3) is 2.72. The summed E-state index contributed by atoms with van der Waals surface area (Å²) in [4.78, 5) is 8.84. The molecule has 0 atom stereocenters. The lowest BCUT2D eigenvalue weighted by molar-refractivity contribution is 0.442. The van der Waals surface area contributed by atoms with Crippen molar-refractivity contribution in [2.24, 2.45) is 0 Å². The van der Waals surface area contributed by atoms with Gasteiger partial charge in [0, 0.05) is 5.56 Å². The van der Waals surface area contributed by atoms with Gasteiger partial charge in [-0.2, -0.15) is 0 Å². The summed E-state index contributed by atoms with van der Waals surface area (Å²) in [6.45, 7) is 6.43. The largest absolute Gasteiger partial charge is 0.436 e. The fraction of sp³-hybridized carbons (Fsp3) is 0.222. The van der Waals surface area contributed by atoms with Gasteiger partial charge >= 0.3 is 0 Å². The van der Waals surface area contributed by atoms with E-state index in [9.17, 15) is 0 Å². The van der Waals surface area contributed by atoms with Crippen LogP contribution in [0.25, 0.3) is 11.0 Å². The van der Waals surface area contributed by atoms with Crippen LogP contribution in [0.5, 0.6) is 11.6 Å². The highest BCUT2D eigenvalue weighted by Gasteiger charge is 2.20. The van der Waals surface area contributed by atoms with Crippen molar-refractivity contribution in [3.8, 4) is 11.6 Å². The van der Waals surface area contributed by atoms with Crippen molar-refractivity contribution in [1.82, 2.24) is 9.97 Å². The number of para-hydroxylation sites is 3. The van der Waals surface area contributed by atoms with E-state index in [0.29, 0.717) is 11.7 Å². The number of nitrogens with two attached hydrogens (primary N) is 1. The summed E-state index contributed by atoms with van der Waals surface area (Å²) in [5, 5.41) is 0. The van der Waals surface area contributed by atoms with Crippen LogP contribution in [-0.2, 0) is 5.41 Å². The van der Waals surface area contributed by atoms with Crippen molar-refractivity contribution >= 4 is 16.9 Å². The van der Waals surface area contributed by atoms with E-state index in [1.54, 1.807) is 0 Å². The number of nitrogens with zero attached hydrogens (tertiary/aromatic N) is 2. The quantitative estimate of drug-likeness (QED) is 0.765. The molecule has 4 heteroatoms. The minimum absolute atomic E-state index is 0.0321. The molecule has 0 aliphatic heterocycles. The second kappa shape index (κ2) is 5.30. The molecule has 0 bridgehead atoms. The number of rotatable bonds is 2. The van der Waals surface area contributed by atoms with Gasteiger partial charge in [-0.3, -0.25) is 0 Å². The molecule has 3 aromatic rings. The van der Waals surface area contributed by atoms with E-state index in [0.717, 1.165) is 22.3 Å². The Balaban J connectivity index is 2.06. The van der Waals surface area contributed by atoms with E-state index < -0.39 is 0 Å². The minimum atomic E-state index is -0.0321. The molecule has 0 saturated carbocycles. The Morgan fingerprint density at radius 2 is 1.45 bits per heavy atom. The van der Waals surface area contributed by atoms with Crippen molar-refractivity contribution in [2.45, 2.75) is 26.2 Å². The molecule has 0 aliphatic carbocycles. The smallest absolute Gasteiger partial charge is 0.263 e. The zero-order valence-corrected chi connectivity index (χ0v) is 13.0. The lowest BCUT2D eigenvalue weighted by Gasteiger charge is -2.22. The van der Waals surface area contributed by atoms with Crippen LogP contribution >= 0.6 is 0 Å². The van der Waals surface area contributed by atoms with Crippen molar-refractivity contribution in [1.29, 1.82) is 0 Å². The van der Waals surface area contributed by atoms with E-state index in [-0.39, 0.29) is 5.41 Å². The Bertz CT molecular complexity index is 822. The van der Waals surface area contributed by atoms with Gasteiger partial charge in [0.1, 0.15) is 5.75 Å². The standard InChI is InChI=1S/C18H19N3O/c1-18(2,3)12-8-4-7-11-15(12)22-17-16(19)20-13-9-5-6-10-14(13)21-17/h4-11H,1-3H3,(H2,19,20). The molecule has 0 aliphatic rings. The van der Waals surface area contributed by atoms with E-state index in [2.05, 4.69) is 36.8 Å². The average Bonchev–Trinajstić information content (AvgIpc) is 2.47. The first kappa shape index (κ1) is 14.3. The summed E-state index contributed by atoms with van der Waals surface area (Å²) in [5.74, 6) is 1.39. The normalized spacial score (nSPS) is 11.6. The van der Waals surface area contributed by atoms with Gasteiger partial charge in [0.15, 0.2) is 5.82 Å². The van der Waals surface area contributed by atoms with Gasteiger partial charge in [0.05, 0.1) is 11.0 Å². The number of anilines is 1. The molecule has 1 heterocycles. The maximum absolute atomic E-state index is 6.00. The third-order valence-corrected chi connectivity index (χ3v) is 3.47. The molecule has 112 valence electrons. The van der Waals surface area contributed by atoms with Crippen molar-refractivity contribution in [3.05, 3.63) is 54.1 Å². The maximum atomic E-state index is 6.00. The third-order valence-electron chi connectivity index (χ3n) is 3.47. The highest BCUT2D eigenvalue weighted by Crippen LogP contribution is 2.35. The molecule has 0 saturated heterocycles. The lowest BCUT2D eigenvalue weighted by Crippen LogP contribution is -2.12. The zero-order valence-electron chi connectivity index (χ0n) is 13.0. The van der Waals surface area contributed by atoms with Crippen LogP contribution in [0.15, 0.2) is 48.5 Å². The van der Waals surface area contributed by atoms with Crippen LogP contribution in [-0.4, -0.2) is 9.97 Å². The molecule has 0 unspecified atom stereocenters. The van der Waals surface area contributed by atoms with Crippen LogP contribution in [0.2, 0.25) is 0 Å². The van der Waals surface area contributed by atoms with Crippen LogP contribution in [0.3, 0.4) is 0 Å². The molecular formula is C18H19N3O. The van der Waals surface area contributed by atoms with Gasteiger partial charge in [0.25, 0.3) is 5.88 Å². The Morgan fingerprint density at radius 3 is 2.14 bits per heavy atom. The highest BCUT2D eigenvalue weighted by molar-refractivity contribution is 5.76. The molecule has 0 fully saturated rings. The zero-order chi connectivity index (χ0) is 15.7. The first-order valence-corrected chi connectivity index (χ1v) is 7.25. The second-order valence-electron chi connectivity index (χ2n) is 6.25. The van der Waals surface area contributed by atoms with Gasteiger partial charge in [0.2, 0.25) is 0 Å². The van der Waals surface area contributed by atoms with E-state index in [1.807, 2.05) is 42.5 Å². The number of fused-ring (bicyclic) bond motifs is 1. The maximum Gasteiger partial charge on any atom is 0.263 e.